The summed E-state index contributed by atoms with van der Waals surface area (Å²) in [6.07, 6.45) is 7.00. The Hall–Kier alpha value is -6.92. The van der Waals surface area contributed by atoms with Crippen LogP contribution < -0.4 is 0 Å². The second-order valence-electron chi connectivity index (χ2n) is 12.0. The van der Waals surface area contributed by atoms with Gasteiger partial charge in [0.2, 0.25) is 0 Å². The Kier molecular flexibility index (Phi) is 7.37. The van der Waals surface area contributed by atoms with Gasteiger partial charge in [0.05, 0.1) is 11.2 Å². The molecule has 0 radical (unpaired) electrons. The van der Waals surface area contributed by atoms with Crippen LogP contribution in [0.1, 0.15) is 0 Å². The topological polar surface area (TPSA) is 77.3 Å². The summed E-state index contributed by atoms with van der Waals surface area (Å²) in [6.45, 7) is 0. The molecular formula is C44H28N6. The zero-order valence-electron chi connectivity index (χ0n) is 26.8. The van der Waals surface area contributed by atoms with Crippen molar-refractivity contribution in [1.82, 2.24) is 29.9 Å². The molecule has 4 aromatic heterocycles. The molecule has 0 saturated carbocycles. The molecule has 0 N–H and O–H groups in total. The van der Waals surface area contributed by atoms with E-state index in [-0.39, 0.29) is 0 Å². The molecule has 0 saturated heterocycles. The van der Waals surface area contributed by atoms with E-state index < -0.39 is 0 Å². The molecule has 6 heteroatoms. The van der Waals surface area contributed by atoms with Crippen molar-refractivity contribution in [2.45, 2.75) is 0 Å². The van der Waals surface area contributed by atoms with Gasteiger partial charge in [-0.1, -0.05) is 103 Å². The average molecular weight is 641 g/mol. The molecule has 50 heavy (non-hydrogen) atoms. The first-order valence-corrected chi connectivity index (χ1v) is 16.4. The third-order valence-electron chi connectivity index (χ3n) is 8.89. The van der Waals surface area contributed by atoms with Gasteiger partial charge in [-0.15, -0.1) is 0 Å². The summed E-state index contributed by atoms with van der Waals surface area (Å²) in [7, 11) is 0. The Balaban J connectivity index is 1.10. The van der Waals surface area contributed by atoms with Crippen LogP contribution in [-0.2, 0) is 0 Å². The van der Waals surface area contributed by atoms with Crippen molar-refractivity contribution in [3.05, 3.63) is 170 Å². The van der Waals surface area contributed by atoms with Gasteiger partial charge in [0, 0.05) is 52.4 Å². The highest BCUT2D eigenvalue weighted by Gasteiger charge is 2.15. The summed E-state index contributed by atoms with van der Waals surface area (Å²) in [5, 5.41) is 3.58. The molecule has 0 aliphatic heterocycles. The minimum atomic E-state index is 0.560. The Bertz CT molecular complexity index is 2570. The van der Waals surface area contributed by atoms with Crippen LogP contribution in [0.2, 0.25) is 0 Å². The van der Waals surface area contributed by atoms with Crippen molar-refractivity contribution in [3.8, 4) is 67.7 Å². The summed E-state index contributed by atoms with van der Waals surface area (Å²) in [4.78, 5) is 28.2. The molecule has 0 aliphatic rings. The zero-order chi connectivity index (χ0) is 33.3. The van der Waals surface area contributed by atoms with Crippen LogP contribution in [0.25, 0.3) is 89.4 Å². The fourth-order valence-corrected chi connectivity index (χ4v) is 6.42. The van der Waals surface area contributed by atoms with E-state index in [0.29, 0.717) is 17.5 Å². The summed E-state index contributed by atoms with van der Waals surface area (Å²) in [5.41, 5.74) is 10.0. The Labute approximate surface area is 288 Å². The van der Waals surface area contributed by atoms with Crippen LogP contribution in [0, 0.1) is 0 Å². The van der Waals surface area contributed by atoms with Crippen molar-refractivity contribution in [1.29, 1.82) is 0 Å². The number of nitrogens with zero attached hydrogens (tertiary/aromatic N) is 6. The van der Waals surface area contributed by atoms with E-state index in [1.807, 2.05) is 24.3 Å². The number of hydrogen-bond acceptors (Lipinski definition) is 6. The van der Waals surface area contributed by atoms with Crippen molar-refractivity contribution < 1.29 is 0 Å². The molecule has 6 nitrogen and oxygen atoms in total. The van der Waals surface area contributed by atoms with E-state index in [2.05, 4.69) is 131 Å². The van der Waals surface area contributed by atoms with Gasteiger partial charge in [0.1, 0.15) is 0 Å². The van der Waals surface area contributed by atoms with Crippen LogP contribution in [0.5, 0.6) is 0 Å². The summed E-state index contributed by atoms with van der Waals surface area (Å²) in [5.74, 6) is 1.70. The van der Waals surface area contributed by atoms with Gasteiger partial charge in [0.15, 0.2) is 17.5 Å². The maximum absolute atomic E-state index is 5.21. The lowest BCUT2D eigenvalue weighted by Gasteiger charge is -2.14. The van der Waals surface area contributed by atoms with Crippen LogP contribution in [0.15, 0.2) is 170 Å². The quantitative estimate of drug-likeness (QED) is 0.168. The predicted octanol–water partition coefficient (Wildman–Crippen LogP) is 10.4. The highest BCUT2D eigenvalue weighted by Crippen LogP contribution is 2.37. The molecule has 0 fully saturated rings. The molecule has 4 heterocycles. The summed E-state index contributed by atoms with van der Waals surface area (Å²) >= 11 is 0. The Morgan fingerprint density at radius 3 is 1.66 bits per heavy atom. The van der Waals surface area contributed by atoms with E-state index >= 15 is 0 Å². The SMILES string of the molecule is c1ccc(-c2cc(-c3cccc(-c4ccc(-c5nc(-c6cccnc6)nc(-c6cccnc6)n5)cc4)c3)nc3ccc4ccccc4c23)cc1. The van der Waals surface area contributed by atoms with Gasteiger partial charge in [-0.05, 0) is 75.5 Å². The maximum Gasteiger partial charge on any atom is 0.165 e. The van der Waals surface area contributed by atoms with Crippen LogP contribution in [-0.4, -0.2) is 29.9 Å². The molecule has 0 unspecified atom stereocenters. The molecule has 0 amide bonds. The first-order chi connectivity index (χ1) is 24.8. The van der Waals surface area contributed by atoms with Crippen LogP contribution >= 0.6 is 0 Å². The smallest absolute Gasteiger partial charge is 0.165 e. The number of hydrogen-bond donors (Lipinski definition) is 0. The monoisotopic (exact) mass is 640 g/mol. The zero-order valence-corrected chi connectivity index (χ0v) is 26.8. The van der Waals surface area contributed by atoms with Crippen LogP contribution in [0.3, 0.4) is 0 Å². The number of rotatable bonds is 6. The van der Waals surface area contributed by atoms with E-state index in [1.54, 1.807) is 24.8 Å². The first kappa shape index (κ1) is 29.2. The van der Waals surface area contributed by atoms with Gasteiger partial charge in [0.25, 0.3) is 0 Å². The lowest BCUT2D eigenvalue weighted by atomic mass is 9.94. The lowest BCUT2D eigenvalue weighted by molar-refractivity contribution is 1.07. The van der Waals surface area contributed by atoms with Crippen molar-refractivity contribution >= 4 is 21.7 Å². The average Bonchev–Trinajstić information content (AvgIpc) is 3.21. The van der Waals surface area contributed by atoms with Gasteiger partial charge < -0.3 is 0 Å². The fourth-order valence-electron chi connectivity index (χ4n) is 6.42. The van der Waals surface area contributed by atoms with Gasteiger partial charge >= 0.3 is 0 Å². The normalized spacial score (nSPS) is 11.2. The number of pyridine rings is 3. The number of aromatic nitrogens is 6. The standard InChI is InChI=1S/C44H28N6/c1-2-9-30(10-3-1)38-26-40(47-39-22-21-31-11-4-5-16-37(31)41(38)39)34-13-6-12-33(25-34)29-17-19-32(20-18-29)42-48-43(35-14-7-23-45-27-35)50-44(49-42)36-15-8-24-46-28-36/h1-28H. The maximum atomic E-state index is 5.21. The Morgan fingerprint density at radius 2 is 0.960 bits per heavy atom. The van der Waals surface area contributed by atoms with E-state index in [1.165, 1.54) is 27.3 Å². The molecule has 9 aromatic rings. The number of benzene rings is 5. The molecule has 0 atom stereocenters. The summed E-state index contributed by atoms with van der Waals surface area (Å²) in [6, 6.07) is 50.2. The second-order valence-corrected chi connectivity index (χ2v) is 12.0. The Morgan fingerprint density at radius 1 is 0.360 bits per heavy atom. The van der Waals surface area contributed by atoms with Crippen LogP contribution in [0.4, 0.5) is 0 Å². The van der Waals surface area contributed by atoms with E-state index in [4.69, 9.17) is 19.9 Å². The lowest BCUT2D eigenvalue weighted by Crippen LogP contribution is -2.00. The van der Waals surface area contributed by atoms with Crippen molar-refractivity contribution in [3.63, 3.8) is 0 Å². The second kappa shape index (κ2) is 12.6. The van der Waals surface area contributed by atoms with Gasteiger partial charge in [-0.25, -0.2) is 19.9 Å². The fraction of sp³-hybridized carbons (Fsp3) is 0. The molecule has 0 bridgehead atoms. The summed E-state index contributed by atoms with van der Waals surface area (Å²) < 4.78 is 0. The molecular weight excluding hydrogens is 613 g/mol. The van der Waals surface area contributed by atoms with E-state index in [9.17, 15) is 0 Å². The third-order valence-corrected chi connectivity index (χ3v) is 8.89. The molecule has 9 rings (SSSR count). The minimum absolute atomic E-state index is 0.560. The van der Waals surface area contributed by atoms with Gasteiger partial charge in [-0.2, -0.15) is 0 Å². The third kappa shape index (κ3) is 5.55. The predicted molar refractivity (Wildman–Crippen MR) is 201 cm³/mol. The van der Waals surface area contributed by atoms with Gasteiger partial charge in [-0.3, -0.25) is 9.97 Å². The van der Waals surface area contributed by atoms with E-state index in [0.717, 1.165) is 44.6 Å². The first-order valence-electron chi connectivity index (χ1n) is 16.4. The highest BCUT2D eigenvalue weighted by molar-refractivity contribution is 6.13. The molecule has 5 aromatic carbocycles. The highest BCUT2D eigenvalue weighted by atomic mass is 15.0. The molecule has 0 spiro atoms. The minimum Gasteiger partial charge on any atom is -0.264 e. The largest absolute Gasteiger partial charge is 0.264 e. The number of fused-ring (bicyclic) bond motifs is 3. The molecule has 0 aliphatic carbocycles. The molecule has 234 valence electrons. The van der Waals surface area contributed by atoms with Crippen molar-refractivity contribution in [2.75, 3.05) is 0 Å². The van der Waals surface area contributed by atoms with Crippen molar-refractivity contribution in [2.24, 2.45) is 0 Å².